The first-order valence-corrected chi connectivity index (χ1v) is 14.5. The quantitative estimate of drug-likeness (QED) is 0.211. The maximum Gasteiger partial charge on any atom is -0.00992 e. The van der Waals surface area contributed by atoms with Gasteiger partial charge in [-0.1, -0.05) is 164 Å². The zero-order valence-corrected chi connectivity index (χ0v) is 23.2. The first kappa shape index (κ1) is 24.3. The number of fused-ring (bicyclic) bond motifs is 3. The van der Waals surface area contributed by atoms with Crippen molar-refractivity contribution in [1.82, 2.24) is 0 Å². The van der Waals surface area contributed by atoms with Crippen molar-refractivity contribution in [3.05, 3.63) is 170 Å². The predicted molar refractivity (Wildman–Crippen MR) is 181 cm³/mol. The molecule has 0 spiro atoms. The topological polar surface area (TPSA) is 0 Å². The molecule has 0 fully saturated rings. The molecule has 0 saturated carbocycles. The second-order valence-electron chi connectivity index (χ2n) is 10.9. The fourth-order valence-corrected chi connectivity index (χ4v) is 6.32. The predicted octanol–water partition coefficient (Wildman–Crippen LogP) is 11.8. The fraction of sp³-hybridized carbons (Fsp3) is 0. The van der Waals surface area contributed by atoms with Gasteiger partial charge < -0.3 is 0 Å². The summed E-state index contributed by atoms with van der Waals surface area (Å²) in [5.74, 6) is 0. The van der Waals surface area contributed by atoms with Gasteiger partial charge in [-0.2, -0.15) is 0 Å². The van der Waals surface area contributed by atoms with Crippen LogP contribution in [0.5, 0.6) is 0 Å². The summed E-state index contributed by atoms with van der Waals surface area (Å²) < 4.78 is 0. The van der Waals surface area contributed by atoms with Gasteiger partial charge in [0, 0.05) is 0 Å². The molecule has 0 atom stereocenters. The highest BCUT2D eigenvalue weighted by atomic mass is 14.1. The molecule has 0 heteroatoms. The summed E-state index contributed by atoms with van der Waals surface area (Å²) in [6.07, 6.45) is 0. The van der Waals surface area contributed by atoms with Crippen molar-refractivity contribution in [3.8, 4) is 44.5 Å². The molecule has 0 unspecified atom stereocenters. The van der Waals surface area contributed by atoms with E-state index < -0.39 is 0 Å². The van der Waals surface area contributed by atoms with Crippen LogP contribution in [0, 0.1) is 0 Å². The van der Waals surface area contributed by atoms with Gasteiger partial charge in [0.2, 0.25) is 0 Å². The largest absolute Gasteiger partial charge is 0.0616 e. The Morgan fingerprint density at radius 1 is 0.214 bits per heavy atom. The van der Waals surface area contributed by atoms with Gasteiger partial charge in [0.05, 0.1) is 0 Å². The Kier molecular flexibility index (Phi) is 5.90. The molecule has 8 rings (SSSR count). The van der Waals surface area contributed by atoms with Crippen molar-refractivity contribution < 1.29 is 0 Å². The summed E-state index contributed by atoms with van der Waals surface area (Å²) in [5, 5.41) is 7.64. The van der Waals surface area contributed by atoms with Gasteiger partial charge in [-0.25, -0.2) is 0 Å². The summed E-state index contributed by atoms with van der Waals surface area (Å²) in [6, 6.07) is 61.7. The lowest BCUT2D eigenvalue weighted by Gasteiger charge is -2.14. The van der Waals surface area contributed by atoms with E-state index in [1.807, 2.05) is 0 Å². The second kappa shape index (κ2) is 10.2. The average molecular weight is 533 g/mol. The van der Waals surface area contributed by atoms with Gasteiger partial charge in [-0.3, -0.25) is 0 Å². The molecule has 42 heavy (non-hydrogen) atoms. The van der Waals surface area contributed by atoms with Gasteiger partial charge in [-0.05, 0) is 82.9 Å². The zero-order valence-electron chi connectivity index (χ0n) is 23.2. The van der Waals surface area contributed by atoms with Crippen LogP contribution in [0.4, 0.5) is 0 Å². The minimum absolute atomic E-state index is 1.23. The molecule has 0 aliphatic heterocycles. The highest BCUT2D eigenvalue weighted by Gasteiger charge is 2.11. The summed E-state index contributed by atoms with van der Waals surface area (Å²) in [4.78, 5) is 0. The van der Waals surface area contributed by atoms with E-state index in [0.717, 1.165) is 0 Å². The molecule has 8 aromatic carbocycles. The van der Waals surface area contributed by atoms with E-state index in [-0.39, 0.29) is 0 Å². The van der Waals surface area contributed by atoms with E-state index in [2.05, 4.69) is 170 Å². The molecule has 0 amide bonds. The lowest BCUT2D eigenvalue weighted by molar-refractivity contribution is 1.60. The van der Waals surface area contributed by atoms with Crippen LogP contribution < -0.4 is 0 Å². The van der Waals surface area contributed by atoms with Gasteiger partial charge in [0.1, 0.15) is 0 Å². The van der Waals surface area contributed by atoms with Crippen molar-refractivity contribution in [3.63, 3.8) is 0 Å². The summed E-state index contributed by atoms with van der Waals surface area (Å²) in [6.45, 7) is 0. The number of hydrogen-bond donors (Lipinski definition) is 0. The maximum absolute atomic E-state index is 2.28. The number of hydrogen-bond acceptors (Lipinski definition) is 0. The Bertz CT molecular complexity index is 2210. The molecular formula is C42H28. The van der Waals surface area contributed by atoms with Gasteiger partial charge >= 0.3 is 0 Å². The highest BCUT2D eigenvalue weighted by molar-refractivity contribution is 6.05. The monoisotopic (exact) mass is 532 g/mol. The molecule has 196 valence electrons. The standard InChI is InChI=1S/C42H28/c1-2-10-35-28-36(25-18-29(35)8-1)30-16-19-33(20-17-30)39-26-27-40(42-14-6-5-13-41(39)42)34-23-21-32(22-24-34)38-15-7-11-31-9-3-4-12-37(31)38/h1-28H. The van der Waals surface area contributed by atoms with Crippen molar-refractivity contribution in [1.29, 1.82) is 0 Å². The Morgan fingerprint density at radius 2 is 0.643 bits per heavy atom. The van der Waals surface area contributed by atoms with E-state index >= 15 is 0 Å². The Labute approximate surface area is 246 Å². The molecule has 8 aromatic rings. The van der Waals surface area contributed by atoms with Crippen LogP contribution in [0.2, 0.25) is 0 Å². The van der Waals surface area contributed by atoms with Crippen LogP contribution in [-0.2, 0) is 0 Å². The molecule has 0 aromatic heterocycles. The summed E-state index contributed by atoms with van der Waals surface area (Å²) >= 11 is 0. The lowest BCUT2D eigenvalue weighted by Crippen LogP contribution is -1.87. The van der Waals surface area contributed by atoms with Crippen LogP contribution in [0.3, 0.4) is 0 Å². The van der Waals surface area contributed by atoms with Crippen LogP contribution in [0.15, 0.2) is 170 Å². The number of rotatable bonds is 4. The minimum Gasteiger partial charge on any atom is -0.0616 e. The van der Waals surface area contributed by atoms with Gasteiger partial charge in [0.15, 0.2) is 0 Å². The van der Waals surface area contributed by atoms with E-state index in [0.29, 0.717) is 0 Å². The lowest BCUT2D eigenvalue weighted by atomic mass is 9.90. The third kappa shape index (κ3) is 4.26. The summed E-state index contributed by atoms with van der Waals surface area (Å²) in [7, 11) is 0. The zero-order chi connectivity index (χ0) is 27.9. The molecule has 0 bridgehead atoms. The van der Waals surface area contributed by atoms with E-state index in [9.17, 15) is 0 Å². The van der Waals surface area contributed by atoms with Crippen molar-refractivity contribution >= 4 is 32.3 Å². The molecule has 0 heterocycles. The van der Waals surface area contributed by atoms with Crippen LogP contribution >= 0.6 is 0 Å². The smallest absolute Gasteiger partial charge is 0.00992 e. The minimum atomic E-state index is 1.23. The Balaban J connectivity index is 1.15. The molecule has 0 aliphatic rings. The van der Waals surface area contributed by atoms with Crippen LogP contribution in [-0.4, -0.2) is 0 Å². The first-order chi connectivity index (χ1) is 20.8. The molecule has 0 nitrogen and oxygen atoms in total. The fourth-order valence-electron chi connectivity index (χ4n) is 6.32. The van der Waals surface area contributed by atoms with Gasteiger partial charge in [-0.15, -0.1) is 0 Å². The van der Waals surface area contributed by atoms with Crippen molar-refractivity contribution in [2.24, 2.45) is 0 Å². The molecule has 0 N–H and O–H groups in total. The third-order valence-corrected chi connectivity index (χ3v) is 8.50. The van der Waals surface area contributed by atoms with Crippen molar-refractivity contribution in [2.75, 3.05) is 0 Å². The molecule has 0 saturated heterocycles. The number of benzene rings is 8. The van der Waals surface area contributed by atoms with Crippen LogP contribution in [0.25, 0.3) is 76.8 Å². The maximum atomic E-state index is 2.28. The van der Waals surface area contributed by atoms with Crippen molar-refractivity contribution in [2.45, 2.75) is 0 Å². The van der Waals surface area contributed by atoms with E-state index in [1.165, 1.54) is 76.8 Å². The van der Waals surface area contributed by atoms with E-state index in [4.69, 9.17) is 0 Å². The molecule has 0 aliphatic carbocycles. The molecular weight excluding hydrogens is 504 g/mol. The van der Waals surface area contributed by atoms with Gasteiger partial charge in [0.25, 0.3) is 0 Å². The normalized spacial score (nSPS) is 11.3. The average Bonchev–Trinajstić information content (AvgIpc) is 3.07. The highest BCUT2D eigenvalue weighted by Crippen LogP contribution is 2.38. The first-order valence-electron chi connectivity index (χ1n) is 14.5. The summed E-state index contributed by atoms with van der Waals surface area (Å²) in [5.41, 5.74) is 9.96. The van der Waals surface area contributed by atoms with Crippen LogP contribution in [0.1, 0.15) is 0 Å². The Morgan fingerprint density at radius 3 is 1.26 bits per heavy atom. The Hall–Kier alpha value is -5.46. The molecule has 0 radical (unpaired) electrons. The van der Waals surface area contributed by atoms with E-state index in [1.54, 1.807) is 0 Å². The second-order valence-corrected chi connectivity index (χ2v) is 10.9. The SMILES string of the molecule is c1ccc2cc(-c3ccc(-c4ccc(-c5ccc(-c6cccc7ccccc67)cc5)c5ccccc45)cc3)ccc2c1. The third-order valence-electron chi connectivity index (χ3n) is 8.50.